The molecule has 0 amide bonds. The fourth-order valence-corrected chi connectivity index (χ4v) is 2.75. The molecule has 0 spiro atoms. The second-order valence-corrected chi connectivity index (χ2v) is 5.61. The van der Waals surface area contributed by atoms with Crippen molar-refractivity contribution in [2.45, 2.75) is 40.5 Å². The normalized spacial score (nSPS) is 29.3. The monoisotopic (exact) mass is 233 g/mol. The molecule has 17 heavy (non-hydrogen) atoms. The molecule has 96 valence electrons. The molecule has 1 aliphatic rings. The highest BCUT2D eigenvalue weighted by molar-refractivity contribution is 5.32. The van der Waals surface area contributed by atoms with E-state index in [0.717, 1.165) is 19.5 Å². The molecule has 2 unspecified atom stereocenters. The maximum absolute atomic E-state index is 3.77. The SMILES string of the molecule is C=CCC=CC(=C(C)C)C1(C)CCNCC1C. The lowest BCUT2D eigenvalue weighted by molar-refractivity contribution is 0.193. The van der Waals surface area contributed by atoms with E-state index in [1.54, 1.807) is 0 Å². The Kier molecular flexibility index (Phi) is 5.20. The lowest BCUT2D eigenvalue weighted by Crippen LogP contribution is -2.43. The molecular formula is C16H27N. The Morgan fingerprint density at radius 2 is 2.18 bits per heavy atom. The van der Waals surface area contributed by atoms with Gasteiger partial charge in [-0.1, -0.05) is 37.6 Å². The Hall–Kier alpha value is -0.820. The highest BCUT2D eigenvalue weighted by atomic mass is 14.9. The first-order valence-electron chi connectivity index (χ1n) is 6.68. The van der Waals surface area contributed by atoms with E-state index < -0.39 is 0 Å². The standard InChI is InChI=1S/C16H27N/c1-6-7-8-9-15(13(2)3)16(5)10-11-17-12-14(16)4/h6,8-9,14,17H,1,7,10-12H2,2-5H3. The van der Waals surface area contributed by atoms with Gasteiger partial charge in [0.05, 0.1) is 0 Å². The predicted molar refractivity (Wildman–Crippen MR) is 77.1 cm³/mol. The zero-order chi connectivity index (χ0) is 12.9. The minimum Gasteiger partial charge on any atom is -0.316 e. The summed E-state index contributed by atoms with van der Waals surface area (Å²) in [7, 11) is 0. The largest absolute Gasteiger partial charge is 0.316 e. The van der Waals surface area contributed by atoms with Gasteiger partial charge in [0.2, 0.25) is 0 Å². The fourth-order valence-electron chi connectivity index (χ4n) is 2.75. The van der Waals surface area contributed by atoms with Crippen LogP contribution < -0.4 is 5.32 Å². The molecule has 0 aromatic carbocycles. The van der Waals surface area contributed by atoms with E-state index in [2.05, 4.69) is 51.7 Å². The van der Waals surface area contributed by atoms with Gasteiger partial charge in [-0.2, -0.15) is 0 Å². The smallest absolute Gasteiger partial charge is 0.00147 e. The average Bonchev–Trinajstić information content (AvgIpc) is 2.28. The number of rotatable bonds is 4. The molecule has 1 saturated heterocycles. The van der Waals surface area contributed by atoms with Gasteiger partial charge >= 0.3 is 0 Å². The summed E-state index contributed by atoms with van der Waals surface area (Å²) < 4.78 is 0. The summed E-state index contributed by atoms with van der Waals surface area (Å²) in [6.45, 7) is 15.3. The van der Waals surface area contributed by atoms with E-state index in [0.29, 0.717) is 11.3 Å². The van der Waals surface area contributed by atoms with E-state index in [1.807, 2.05) is 6.08 Å². The molecule has 0 bridgehead atoms. The second-order valence-electron chi connectivity index (χ2n) is 5.61. The molecule has 1 heterocycles. The van der Waals surface area contributed by atoms with Crippen molar-refractivity contribution >= 4 is 0 Å². The van der Waals surface area contributed by atoms with E-state index >= 15 is 0 Å². The topological polar surface area (TPSA) is 12.0 Å². The molecule has 2 atom stereocenters. The Labute approximate surface area is 107 Å². The van der Waals surface area contributed by atoms with Crippen LogP contribution in [0.15, 0.2) is 36.0 Å². The number of hydrogen-bond acceptors (Lipinski definition) is 1. The van der Waals surface area contributed by atoms with Gasteiger partial charge in [0.15, 0.2) is 0 Å². The molecular weight excluding hydrogens is 206 g/mol. The van der Waals surface area contributed by atoms with Gasteiger partial charge in [-0.05, 0) is 56.7 Å². The van der Waals surface area contributed by atoms with Crippen LogP contribution in [0.4, 0.5) is 0 Å². The Balaban J connectivity index is 2.97. The van der Waals surface area contributed by atoms with Crippen LogP contribution in [0, 0.1) is 11.3 Å². The summed E-state index contributed by atoms with van der Waals surface area (Å²) in [6.07, 6.45) is 8.69. The van der Waals surface area contributed by atoms with Crippen LogP contribution in [0.25, 0.3) is 0 Å². The molecule has 0 aliphatic carbocycles. The number of allylic oxidation sites excluding steroid dienone is 5. The van der Waals surface area contributed by atoms with Gasteiger partial charge in [0.25, 0.3) is 0 Å². The molecule has 1 fully saturated rings. The van der Waals surface area contributed by atoms with Crippen LogP contribution in [-0.4, -0.2) is 13.1 Å². The van der Waals surface area contributed by atoms with Crippen molar-refractivity contribution < 1.29 is 0 Å². The molecule has 1 nitrogen and oxygen atoms in total. The van der Waals surface area contributed by atoms with Crippen LogP contribution in [0.1, 0.15) is 40.5 Å². The minimum absolute atomic E-state index is 0.321. The van der Waals surface area contributed by atoms with Gasteiger partial charge in [0, 0.05) is 0 Å². The summed E-state index contributed by atoms with van der Waals surface area (Å²) in [5, 5.41) is 3.49. The van der Waals surface area contributed by atoms with Crippen LogP contribution in [-0.2, 0) is 0 Å². The number of hydrogen-bond donors (Lipinski definition) is 1. The Morgan fingerprint density at radius 1 is 1.47 bits per heavy atom. The quantitative estimate of drug-likeness (QED) is 0.569. The van der Waals surface area contributed by atoms with Gasteiger partial charge in [-0.25, -0.2) is 0 Å². The highest BCUT2D eigenvalue weighted by Crippen LogP contribution is 2.42. The number of nitrogens with one attached hydrogen (secondary N) is 1. The van der Waals surface area contributed by atoms with Crippen molar-refractivity contribution in [3.05, 3.63) is 36.0 Å². The summed E-state index contributed by atoms with van der Waals surface area (Å²) in [5.74, 6) is 0.689. The third kappa shape index (κ3) is 3.32. The summed E-state index contributed by atoms with van der Waals surface area (Å²) >= 11 is 0. The van der Waals surface area contributed by atoms with Crippen LogP contribution in [0.2, 0.25) is 0 Å². The second kappa shape index (κ2) is 6.20. The van der Waals surface area contributed by atoms with E-state index in [9.17, 15) is 0 Å². The zero-order valence-electron chi connectivity index (χ0n) is 11.8. The lowest BCUT2D eigenvalue weighted by Gasteiger charge is -2.42. The Morgan fingerprint density at radius 3 is 2.71 bits per heavy atom. The average molecular weight is 233 g/mol. The molecule has 0 radical (unpaired) electrons. The van der Waals surface area contributed by atoms with Crippen molar-refractivity contribution in [1.82, 2.24) is 5.32 Å². The first-order chi connectivity index (χ1) is 8.02. The summed E-state index contributed by atoms with van der Waals surface area (Å²) in [5.41, 5.74) is 3.29. The van der Waals surface area contributed by atoms with Crippen molar-refractivity contribution in [2.24, 2.45) is 11.3 Å². The van der Waals surface area contributed by atoms with E-state index in [-0.39, 0.29) is 0 Å². The zero-order valence-corrected chi connectivity index (χ0v) is 11.8. The number of piperidine rings is 1. The van der Waals surface area contributed by atoms with Crippen LogP contribution >= 0.6 is 0 Å². The molecule has 1 aliphatic heterocycles. The van der Waals surface area contributed by atoms with Gasteiger partial charge in [-0.15, -0.1) is 6.58 Å². The summed E-state index contributed by atoms with van der Waals surface area (Å²) in [4.78, 5) is 0. The molecule has 1 rings (SSSR count). The predicted octanol–water partition coefficient (Wildman–Crippen LogP) is 4.09. The minimum atomic E-state index is 0.321. The lowest BCUT2D eigenvalue weighted by atomic mass is 9.67. The molecule has 1 heteroatoms. The van der Waals surface area contributed by atoms with Crippen molar-refractivity contribution in [3.8, 4) is 0 Å². The van der Waals surface area contributed by atoms with Gasteiger partial charge in [0.1, 0.15) is 0 Å². The van der Waals surface area contributed by atoms with Crippen LogP contribution in [0.5, 0.6) is 0 Å². The highest BCUT2D eigenvalue weighted by Gasteiger charge is 2.36. The first-order valence-corrected chi connectivity index (χ1v) is 6.68. The first kappa shape index (κ1) is 14.2. The van der Waals surface area contributed by atoms with Crippen molar-refractivity contribution in [1.29, 1.82) is 0 Å². The molecule has 0 aromatic rings. The maximum atomic E-state index is 3.77. The fraction of sp³-hybridized carbons (Fsp3) is 0.625. The van der Waals surface area contributed by atoms with E-state index in [4.69, 9.17) is 0 Å². The van der Waals surface area contributed by atoms with Gasteiger partial charge < -0.3 is 5.32 Å². The Bertz CT molecular complexity index is 320. The van der Waals surface area contributed by atoms with Gasteiger partial charge in [-0.3, -0.25) is 0 Å². The molecule has 1 N–H and O–H groups in total. The third-order valence-corrected chi connectivity index (χ3v) is 4.10. The van der Waals surface area contributed by atoms with Crippen LogP contribution in [0.3, 0.4) is 0 Å². The molecule has 0 saturated carbocycles. The third-order valence-electron chi connectivity index (χ3n) is 4.10. The molecule has 0 aromatic heterocycles. The maximum Gasteiger partial charge on any atom is -0.00147 e. The van der Waals surface area contributed by atoms with Crippen molar-refractivity contribution in [2.75, 3.05) is 13.1 Å². The van der Waals surface area contributed by atoms with Crippen molar-refractivity contribution in [3.63, 3.8) is 0 Å². The van der Waals surface area contributed by atoms with E-state index in [1.165, 1.54) is 17.6 Å². The summed E-state index contributed by atoms with van der Waals surface area (Å²) in [6, 6.07) is 0.